The zero-order valence-corrected chi connectivity index (χ0v) is 20.9. The number of aromatic nitrogens is 4. The number of β-lactam (4-membered cyclic amide) rings is 1. The van der Waals surface area contributed by atoms with Crippen LogP contribution in [0.5, 0.6) is 0 Å². The van der Waals surface area contributed by atoms with Crippen molar-refractivity contribution < 1.29 is 23.9 Å². The molecule has 2 aromatic carbocycles. The minimum absolute atomic E-state index is 0.128. The number of methoxy groups -OCH3 is 1. The van der Waals surface area contributed by atoms with Crippen LogP contribution in [0.25, 0.3) is 0 Å². The SMILES string of the molecule is CO[C@H]1S[C@@H]2[C@@H](NC(=O)Cn3cnnn3)C(=O)N2C(C(=O)OC(c2ccccc2)c2ccccc2)=C1C. The van der Waals surface area contributed by atoms with Crippen LogP contribution >= 0.6 is 11.8 Å². The van der Waals surface area contributed by atoms with Crippen LogP contribution < -0.4 is 5.32 Å². The molecule has 2 amide bonds. The van der Waals surface area contributed by atoms with Gasteiger partial charge in [-0.05, 0) is 34.1 Å². The largest absolute Gasteiger partial charge is 0.448 e. The van der Waals surface area contributed by atoms with Gasteiger partial charge in [-0.1, -0.05) is 72.4 Å². The van der Waals surface area contributed by atoms with Crippen molar-refractivity contribution >= 4 is 29.5 Å². The summed E-state index contributed by atoms with van der Waals surface area (Å²) in [6.45, 7) is 1.60. The van der Waals surface area contributed by atoms with Crippen LogP contribution in [0.3, 0.4) is 0 Å². The summed E-state index contributed by atoms with van der Waals surface area (Å²) in [5, 5.41) is 12.8. The zero-order chi connectivity index (χ0) is 25.9. The number of thioether (sulfide) groups is 1. The first-order chi connectivity index (χ1) is 18.0. The zero-order valence-electron chi connectivity index (χ0n) is 20.1. The Labute approximate surface area is 216 Å². The second-order valence-corrected chi connectivity index (χ2v) is 9.68. The summed E-state index contributed by atoms with van der Waals surface area (Å²) in [6, 6.07) is 18.0. The molecule has 3 aromatic rings. The molecule has 0 saturated carbocycles. The minimum Gasteiger partial charge on any atom is -0.448 e. The van der Waals surface area contributed by atoms with Gasteiger partial charge in [-0.15, -0.1) is 5.10 Å². The summed E-state index contributed by atoms with van der Waals surface area (Å²) < 4.78 is 12.9. The number of carbonyl (C=O) groups excluding carboxylic acids is 3. The lowest BCUT2D eigenvalue weighted by Crippen LogP contribution is -2.71. The number of nitrogens with zero attached hydrogens (tertiary/aromatic N) is 5. The summed E-state index contributed by atoms with van der Waals surface area (Å²) in [4.78, 5) is 40.7. The predicted octanol–water partition coefficient (Wildman–Crippen LogP) is 1.65. The third-order valence-electron chi connectivity index (χ3n) is 6.12. The Morgan fingerprint density at radius 1 is 1.08 bits per heavy atom. The number of rotatable bonds is 8. The quantitative estimate of drug-likeness (QED) is 0.348. The third-order valence-corrected chi connectivity index (χ3v) is 7.68. The number of benzene rings is 2. The van der Waals surface area contributed by atoms with Gasteiger partial charge in [0.2, 0.25) is 5.91 Å². The maximum Gasteiger partial charge on any atom is 0.356 e. The Bertz CT molecular complexity index is 1280. The average molecular weight is 521 g/mol. The molecule has 0 radical (unpaired) electrons. The van der Waals surface area contributed by atoms with Crippen LogP contribution in [-0.2, 0) is 30.4 Å². The molecule has 11 nitrogen and oxygen atoms in total. The summed E-state index contributed by atoms with van der Waals surface area (Å²) >= 11 is 1.34. The van der Waals surface area contributed by atoms with Gasteiger partial charge >= 0.3 is 5.97 Å². The highest BCUT2D eigenvalue weighted by molar-refractivity contribution is 8.00. The molecule has 3 atom stereocenters. The van der Waals surface area contributed by atoms with Crippen molar-refractivity contribution in [3.8, 4) is 0 Å². The standard InChI is InChI=1S/C25H24N6O5S/c1-15-20(24(34)36-21(16-9-5-3-6-10-16)17-11-7-4-8-12-17)31-22(33)19(23(31)37-25(15)35-2)27-18(32)13-30-14-26-28-29-30/h3-12,14,19,21,23,25H,13H2,1-2H3,(H,27,32)/t19-,23+,25-/m0/s1. The van der Waals surface area contributed by atoms with Crippen LogP contribution in [-0.4, -0.2) is 66.9 Å². The van der Waals surface area contributed by atoms with E-state index in [1.54, 1.807) is 6.92 Å². The number of amides is 2. The van der Waals surface area contributed by atoms with E-state index in [0.717, 1.165) is 11.1 Å². The maximum atomic E-state index is 13.7. The highest BCUT2D eigenvalue weighted by atomic mass is 32.2. The fourth-order valence-electron chi connectivity index (χ4n) is 4.36. The van der Waals surface area contributed by atoms with Crippen molar-refractivity contribution in [3.63, 3.8) is 0 Å². The lowest BCUT2D eigenvalue weighted by Gasteiger charge is -2.51. The molecular formula is C25H24N6O5S. The number of hydrogen-bond acceptors (Lipinski definition) is 9. The number of ether oxygens (including phenoxy) is 2. The fourth-order valence-corrected chi connectivity index (χ4v) is 5.71. The van der Waals surface area contributed by atoms with Gasteiger partial charge in [0, 0.05) is 7.11 Å². The van der Waals surface area contributed by atoms with E-state index in [-0.39, 0.29) is 12.2 Å². The smallest absolute Gasteiger partial charge is 0.356 e. The van der Waals surface area contributed by atoms with Gasteiger partial charge in [-0.3, -0.25) is 14.5 Å². The number of tetrazole rings is 1. The van der Waals surface area contributed by atoms with Gasteiger partial charge < -0.3 is 14.8 Å². The molecule has 1 saturated heterocycles. The summed E-state index contributed by atoms with van der Waals surface area (Å²) in [5.41, 5.74) is 1.80. The van der Waals surface area contributed by atoms with Gasteiger partial charge in [0.25, 0.3) is 5.91 Å². The van der Waals surface area contributed by atoms with Crippen LogP contribution in [0.4, 0.5) is 0 Å². The number of esters is 1. The topological polar surface area (TPSA) is 129 Å². The molecule has 2 aliphatic rings. The first-order valence-corrected chi connectivity index (χ1v) is 12.5. The van der Waals surface area contributed by atoms with E-state index in [1.807, 2.05) is 60.7 Å². The van der Waals surface area contributed by atoms with Crippen LogP contribution in [0.2, 0.25) is 0 Å². The van der Waals surface area contributed by atoms with Gasteiger partial charge in [0.1, 0.15) is 35.4 Å². The van der Waals surface area contributed by atoms with Gasteiger partial charge in [0.15, 0.2) is 6.10 Å². The normalized spacial score (nSPS) is 20.9. The highest BCUT2D eigenvalue weighted by Gasteiger charge is 2.56. The maximum absolute atomic E-state index is 13.7. The van der Waals surface area contributed by atoms with E-state index in [1.165, 1.54) is 34.8 Å². The van der Waals surface area contributed by atoms with Gasteiger partial charge in [-0.25, -0.2) is 9.48 Å². The molecule has 0 spiro atoms. The molecule has 0 unspecified atom stereocenters. The first-order valence-electron chi connectivity index (χ1n) is 11.5. The second kappa shape index (κ2) is 10.5. The highest BCUT2D eigenvalue weighted by Crippen LogP contribution is 2.45. The minimum atomic E-state index is -0.832. The second-order valence-electron chi connectivity index (χ2n) is 8.49. The monoisotopic (exact) mass is 520 g/mol. The van der Waals surface area contributed by atoms with Gasteiger partial charge in [0.05, 0.1) is 0 Å². The molecule has 12 heteroatoms. The summed E-state index contributed by atoms with van der Waals surface area (Å²) in [7, 11) is 1.53. The predicted molar refractivity (Wildman–Crippen MR) is 132 cm³/mol. The van der Waals surface area contributed by atoms with Crippen molar-refractivity contribution in [2.24, 2.45) is 0 Å². The molecule has 5 rings (SSSR count). The number of nitrogens with one attached hydrogen (secondary N) is 1. The Kier molecular flexibility index (Phi) is 7.01. The molecule has 1 N–H and O–H groups in total. The van der Waals surface area contributed by atoms with Crippen molar-refractivity contribution in [3.05, 3.63) is 89.4 Å². The Morgan fingerprint density at radius 3 is 2.30 bits per heavy atom. The van der Waals surface area contributed by atoms with Crippen LogP contribution in [0, 0.1) is 0 Å². The van der Waals surface area contributed by atoms with E-state index in [0.29, 0.717) is 5.57 Å². The van der Waals surface area contributed by atoms with E-state index < -0.39 is 40.7 Å². The van der Waals surface area contributed by atoms with E-state index in [9.17, 15) is 14.4 Å². The molecule has 0 aliphatic carbocycles. The molecule has 190 valence electrons. The van der Waals surface area contributed by atoms with Crippen molar-refractivity contribution in [1.82, 2.24) is 30.4 Å². The molecular weight excluding hydrogens is 496 g/mol. The number of carbonyl (C=O) groups is 3. The van der Waals surface area contributed by atoms with E-state index in [2.05, 4.69) is 20.8 Å². The molecule has 1 fully saturated rings. The number of hydrogen-bond donors (Lipinski definition) is 1. The molecule has 3 heterocycles. The average Bonchev–Trinajstić information content (AvgIpc) is 3.44. The summed E-state index contributed by atoms with van der Waals surface area (Å²) in [6.07, 6.45) is 0.633. The molecule has 37 heavy (non-hydrogen) atoms. The van der Waals surface area contributed by atoms with Gasteiger partial charge in [-0.2, -0.15) is 0 Å². The van der Waals surface area contributed by atoms with Crippen molar-refractivity contribution in [1.29, 1.82) is 0 Å². The van der Waals surface area contributed by atoms with Crippen LogP contribution in [0.1, 0.15) is 24.2 Å². The van der Waals surface area contributed by atoms with E-state index >= 15 is 0 Å². The fraction of sp³-hybridized carbons (Fsp3) is 0.280. The lowest BCUT2D eigenvalue weighted by molar-refractivity contribution is -0.155. The van der Waals surface area contributed by atoms with Crippen molar-refractivity contribution in [2.75, 3.05) is 7.11 Å². The molecule has 2 aliphatic heterocycles. The van der Waals surface area contributed by atoms with Crippen LogP contribution in [0.15, 0.2) is 78.3 Å². The Hall–Kier alpha value is -4.03. The Morgan fingerprint density at radius 2 is 1.73 bits per heavy atom. The van der Waals surface area contributed by atoms with Crippen molar-refractivity contribution in [2.45, 2.75) is 36.4 Å². The first kappa shape index (κ1) is 24.7. The molecule has 1 aromatic heterocycles. The number of fused-ring (bicyclic) bond motifs is 1. The summed E-state index contributed by atoms with van der Waals surface area (Å²) in [5.74, 6) is -1.47. The van der Waals surface area contributed by atoms with E-state index in [4.69, 9.17) is 9.47 Å². The Balaban J connectivity index is 1.39. The third kappa shape index (κ3) is 4.85. The lowest BCUT2D eigenvalue weighted by atomic mass is 10.0. The molecule has 0 bridgehead atoms.